The van der Waals surface area contributed by atoms with Crippen LogP contribution in [0.5, 0.6) is 0 Å². The van der Waals surface area contributed by atoms with E-state index in [2.05, 4.69) is 21.0 Å². The van der Waals surface area contributed by atoms with Crippen LogP contribution in [0.25, 0.3) is 0 Å². The summed E-state index contributed by atoms with van der Waals surface area (Å²) < 4.78 is 8.24. The van der Waals surface area contributed by atoms with Crippen molar-refractivity contribution in [1.82, 2.24) is 14.7 Å². The number of nitrogens with zero attached hydrogens (tertiary/aromatic N) is 3. The number of carbonyl (C=O) groups excluding carboxylic acids is 1. The Morgan fingerprint density at radius 1 is 1.67 bits per heavy atom. The number of aromatic nitrogens is 2. The molecule has 1 saturated heterocycles. The number of morpholine rings is 1. The Hall–Kier alpha value is -0.880. The maximum Gasteiger partial charge on any atom is 0.222 e. The van der Waals surface area contributed by atoms with E-state index in [9.17, 15) is 4.79 Å². The van der Waals surface area contributed by atoms with Gasteiger partial charge in [-0.1, -0.05) is 0 Å². The van der Waals surface area contributed by atoms with Gasteiger partial charge in [0.2, 0.25) is 5.91 Å². The molecule has 1 aliphatic heterocycles. The Bertz CT molecular complexity index is 408. The van der Waals surface area contributed by atoms with Crippen molar-refractivity contribution < 1.29 is 9.53 Å². The minimum Gasteiger partial charge on any atom is -0.375 e. The van der Waals surface area contributed by atoms with E-state index < -0.39 is 0 Å². The molecule has 100 valence electrons. The van der Waals surface area contributed by atoms with Crippen molar-refractivity contribution >= 4 is 21.8 Å². The molecule has 0 spiro atoms. The molecule has 1 fully saturated rings. The van der Waals surface area contributed by atoms with Crippen LogP contribution in [0.4, 0.5) is 0 Å². The number of halogens is 1. The quantitative estimate of drug-likeness (QED) is 0.849. The van der Waals surface area contributed by atoms with Gasteiger partial charge in [0.15, 0.2) is 0 Å². The van der Waals surface area contributed by atoms with Gasteiger partial charge in [-0.2, -0.15) is 5.10 Å². The largest absolute Gasteiger partial charge is 0.375 e. The highest BCUT2D eigenvalue weighted by atomic mass is 79.9. The number of amides is 1. The molecule has 1 atom stereocenters. The van der Waals surface area contributed by atoms with Gasteiger partial charge in [0.25, 0.3) is 0 Å². The zero-order chi connectivity index (χ0) is 13.0. The maximum atomic E-state index is 12.0. The Morgan fingerprint density at radius 2 is 2.50 bits per heavy atom. The highest BCUT2D eigenvalue weighted by molar-refractivity contribution is 9.10. The van der Waals surface area contributed by atoms with Gasteiger partial charge >= 0.3 is 0 Å². The minimum absolute atomic E-state index is 0.157. The fourth-order valence-corrected chi connectivity index (χ4v) is 2.38. The van der Waals surface area contributed by atoms with E-state index >= 15 is 0 Å². The van der Waals surface area contributed by atoms with Crippen LogP contribution < -0.4 is 0 Å². The summed E-state index contributed by atoms with van der Waals surface area (Å²) in [6, 6.07) is 0. The lowest BCUT2D eigenvalue weighted by molar-refractivity contribution is -0.138. The first-order valence-corrected chi connectivity index (χ1v) is 7.02. The molecule has 1 aliphatic rings. The molecule has 1 aromatic heterocycles. The van der Waals surface area contributed by atoms with Crippen molar-refractivity contribution in [1.29, 1.82) is 0 Å². The van der Waals surface area contributed by atoms with Crippen LogP contribution >= 0.6 is 15.9 Å². The van der Waals surface area contributed by atoms with Crippen LogP contribution in [-0.2, 0) is 16.1 Å². The van der Waals surface area contributed by atoms with Gasteiger partial charge in [-0.05, 0) is 29.3 Å². The average molecular weight is 316 g/mol. The molecular weight excluding hydrogens is 298 g/mol. The maximum absolute atomic E-state index is 12.0. The standard InChI is InChI=1S/C12H18BrN3O2/c1-10-8-15(5-6-18-10)12(17)3-2-4-16-9-11(13)7-14-16/h7,9-10H,2-6,8H2,1H3/t10-/m1/s1. The van der Waals surface area contributed by atoms with Gasteiger partial charge in [0, 0.05) is 32.3 Å². The lowest BCUT2D eigenvalue weighted by atomic mass is 10.2. The number of carbonyl (C=O) groups is 1. The van der Waals surface area contributed by atoms with Crippen molar-refractivity contribution in [3.8, 4) is 0 Å². The third kappa shape index (κ3) is 3.81. The molecule has 5 nitrogen and oxygen atoms in total. The molecule has 0 radical (unpaired) electrons. The molecule has 0 saturated carbocycles. The van der Waals surface area contributed by atoms with Gasteiger partial charge in [-0.25, -0.2) is 0 Å². The second-order valence-electron chi connectivity index (χ2n) is 4.55. The molecule has 6 heteroatoms. The summed E-state index contributed by atoms with van der Waals surface area (Å²) in [5.41, 5.74) is 0. The molecule has 0 unspecified atom stereocenters. The minimum atomic E-state index is 0.157. The summed E-state index contributed by atoms with van der Waals surface area (Å²) in [6.45, 7) is 4.86. The summed E-state index contributed by atoms with van der Waals surface area (Å²) in [5.74, 6) is 0.219. The number of hydrogen-bond acceptors (Lipinski definition) is 3. The number of rotatable bonds is 4. The highest BCUT2D eigenvalue weighted by Gasteiger charge is 2.20. The van der Waals surface area contributed by atoms with E-state index in [1.54, 1.807) is 6.20 Å². The van der Waals surface area contributed by atoms with Crippen LogP contribution in [0, 0.1) is 0 Å². The van der Waals surface area contributed by atoms with E-state index in [0.717, 1.165) is 24.0 Å². The summed E-state index contributed by atoms with van der Waals surface area (Å²) in [4.78, 5) is 13.9. The lowest BCUT2D eigenvalue weighted by Crippen LogP contribution is -2.44. The van der Waals surface area contributed by atoms with Gasteiger partial charge < -0.3 is 9.64 Å². The molecule has 2 rings (SSSR count). The van der Waals surface area contributed by atoms with Crippen LogP contribution in [0.1, 0.15) is 19.8 Å². The SMILES string of the molecule is C[C@@H]1CN(C(=O)CCCn2cc(Br)cn2)CCO1. The molecule has 1 aromatic rings. The Balaban J connectivity index is 1.71. The van der Waals surface area contributed by atoms with Gasteiger partial charge in [0.1, 0.15) is 0 Å². The molecular formula is C12H18BrN3O2. The van der Waals surface area contributed by atoms with Crippen LogP contribution in [0.3, 0.4) is 0 Å². The second-order valence-corrected chi connectivity index (χ2v) is 5.46. The van der Waals surface area contributed by atoms with Crippen molar-refractivity contribution in [3.63, 3.8) is 0 Å². The fraction of sp³-hybridized carbons (Fsp3) is 0.667. The topological polar surface area (TPSA) is 47.4 Å². The van der Waals surface area contributed by atoms with Crippen molar-refractivity contribution in [2.24, 2.45) is 0 Å². The van der Waals surface area contributed by atoms with Crippen molar-refractivity contribution in [2.45, 2.75) is 32.4 Å². The molecule has 18 heavy (non-hydrogen) atoms. The van der Waals surface area contributed by atoms with Gasteiger partial charge in [-0.15, -0.1) is 0 Å². The summed E-state index contributed by atoms with van der Waals surface area (Å²) >= 11 is 3.35. The Labute approximate surface area is 115 Å². The predicted molar refractivity (Wildman–Crippen MR) is 71.2 cm³/mol. The highest BCUT2D eigenvalue weighted by Crippen LogP contribution is 2.09. The Morgan fingerprint density at radius 3 is 3.17 bits per heavy atom. The van der Waals surface area contributed by atoms with E-state index in [-0.39, 0.29) is 12.0 Å². The predicted octanol–water partition coefficient (Wildman–Crippen LogP) is 1.67. The molecule has 2 heterocycles. The third-order valence-electron chi connectivity index (χ3n) is 2.97. The smallest absolute Gasteiger partial charge is 0.222 e. The van der Waals surface area contributed by atoms with E-state index in [1.165, 1.54) is 0 Å². The third-order valence-corrected chi connectivity index (χ3v) is 3.38. The monoisotopic (exact) mass is 315 g/mol. The fourth-order valence-electron chi connectivity index (χ4n) is 2.06. The van der Waals surface area contributed by atoms with Crippen LogP contribution in [-0.4, -0.2) is 46.4 Å². The second kappa shape index (κ2) is 6.33. The van der Waals surface area contributed by atoms with Gasteiger partial charge in [0.05, 0.1) is 23.4 Å². The Kier molecular flexibility index (Phi) is 4.77. The first-order valence-electron chi connectivity index (χ1n) is 6.22. The summed E-state index contributed by atoms with van der Waals surface area (Å²) in [5, 5.41) is 4.16. The normalized spacial score (nSPS) is 20.1. The van der Waals surface area contributed by atoms with Crippen LogP contribution in [0.15, 0.2) is 16.9 Å². The van der Waals surface area contributed by atoms with E-state index in [0.29, 0.717) is 19.6 Å². The summed E-state index contributed by atoms with van der Waals surface area (Å²) in [6.07, 6.45) is 5.22. The van der Waals surface area contributed by atoms with Gasteiger partial charge in [-0.3, -0.25) is 9.48 Å². The van der Waals surface area contributed by atoms with Crippen LogP contribution in [0.2, 0.25) is 0 Å². The first-order chi connectivity index (χ1) is 8.65. The molecule has 0 bridgehead atoms. The molecule has 0 aromatic carbocycles. The summed E-state index contributed by atoms with van der Waals surface area (Å²) in [7, 11) is 0. The average Bonchev–Trinajstić information content (AvgIpc) is 2.75. The molecule has 1 amide bonds. The zero-order valence-corrected chi connectivity index (χ0v) is 12.1. The lowest BCUT2D eigenvalue weighted by Gasteiger charge is -2.31. The van der Waals surface area contributed by atoms with E-state index in [1.807, 2.05) is 22.7 Å². The number of aryl methyl sites for hydroxylation is 1. The van der Waals surface area contributed by atoms with Crippen molar-refractivity contribution in [2.75, 3.05) is 19.7 Å². The molecule has 0 N–H and O–H groups in total. The number of hydrogen-bond donors (Lipinski definition) is 0. The number of ether oxygens (including phenoxy) is 1. The van der Waals surface area contributed by atoms with E-state index in [4.69, 9.17) is 4.74 Å². The first kappa shape index (κ1) is 13.5. The van der Waals surface area contributed by atoms with Crippen molar-refractivity contribution in [3.05, 3.63) is 16.9 Å². The molecule has 0 aliphatic carbocycles. The zero-order valence-electron chi connectivity index (χ0n) is 10.5.